The number of hydrogen-bond acceptors (Lipinski definition) is 6. The normalized spacial score (nSPS) is 9.40. The Morgan fingerprint density at radius 1 is 1.73 bits per heavy atom. The highest BCUT2D eigenvalue weighted by Crippen LogP contribution is 2.25. The minimum absolute atomic E-state index is 0.0779. The topological polar surface area (TPSA) is 95.0 Å². The van der Waals surface area contributed by atoms with Crippen LogP contribution in [0.1, 0.15) is 5.56 Å². The number of amides is 1. The largest absolute Gasteiger partial charge is 0.382 e. The van der Waals surface area contributed by atoms with Crippen molar-refractivity contribution in [2.24, 2.45) is 0 Å². The minimum Gasteiger partial charge on any atom is -0.382 e. The number of nitrogens with zero attached hydrogens (tertiary/aromatic N) is 3. The standard InChI is InChI=1S/C8H11N5OS/c1-13(2)6(14)4-11-8-5(3-9)7(10)12-15-8/h11H,4H2,1-2H3,(H2,10,12). The molecule has 7 heteroatoms. The number of nitrogen functional groups attached to an aromatic ring is 1. The van der Waals surface area contributed by atoms with Crippen LogP contribution in [-0.2, 0) is 4.79 Å². The molecule has 3 N–H and O–H groups in total. The van der Waals surface area contributed by atoms with E-state index in [1.54, 1.807) is 14.1 Å². The van der Waals surface area contributed by atoms with Crippen molar-refractivity contribution in [2.75, 3.05) is 31.7 Å². The van der Waals surface area contributed by atoms with Gasteiger partial charge in [-0.15, -0.1) is 0 Å². The number of nitriles is 1. The molecule has 1 aromatic heterocycles. The molecule has 0 saturated heterocycles. The second-order valence-corrected chi connectivity index (χ2v) is 3.80. The molecule has 0 aliphatic rings. The van der Waals surface area contributed by atoms with Crippen molar-refractivity contribution >= 4 is 28.3 Å². The molecular weight excluding hydrogens is 214 g/mol. The van der Waals surface area contributed by atoms with Gasteiger partial charge in [0, 0.05) is 14.1 Å². The van der Waals surface area contributed by atoms with Gasteiger partial charge in [0.2, 0.25) is 5.91 Å². The summed E-state index contributed by atoms with van der Waals surface area (Å²) >= 11 is 1.08. The lowest BCUT2D eigenvalue weighted by molar-refractivity contribution is -0.126. The van der Waals surface area contributed by atoms with Gasteiger partial charge in [0.15, 0.2) is 5.82 Å². The van der Waals surface area contributed by atoms with Crippen molar-refractivity contribution in [1.82, 2.24) is 9.27 Å². The van der Waals surface area contributed by atoms with Crippen LogP contribution in [0.4, 0.5) is 10.8 Å². The summed E-state index contributed by atoms with van der Waals surface area (Å²) in [6.45, 7) is 0.128. The van der Waals surface area contributed by atoms with Gasteiger partial charge in [-0.25, -0.2) is 0 Å². The van der Waals surface area contributed by atoms with Gasteiger partial charge >= 0.3 is 0 Å². The number of nitrogens with two attached hydrogens (primary N) is 1. The van der Waals surface area contributed by atoms with Gasteiger partial charge in [0.1, 0.15) is 16.6 Å². The van der Waals surface area contributed by atoms with Crippen molar-refractivity contribution in [3.05, 3.63) is 5.56 Å². The first-order chi connectivity index (χ1) is 7.06. The molecule has 80 valence electrons. The Morgan fingerprint density at radius 2 is 2.40 bits per heavy atom. The van der Waals surface area contributed by atoms with E-state index in [1.165, 1.54) is 4.90 Å². The predicted octanol–water partition coefficient (Wildman–Crippen LogP) is 0.0971. The molecule has 0 saturated carbocycles. The maximum Gasteiger partial charge on any atom is 0.241 e. The summed E-state index contributed by atoms with van der Waals surface area (Å²) in [5.41, 5.74) is 5.76. The Morgan fingerprint density at radius 3 is 2.93 bits per heavy atom. The minimum atomic E-state index is -0.0779. The van der Waals surface area contributed by atoms with E-state index in [0.717, 1.165) is 11.5 Å². The molecular formula is C8H11N5OS. The molecule has 6 nitrogen and oxygen atoms in total. The first kappa shape index (κ1) is 11.3. The lowest BCUT2D eigenvalue weighted by Crippen LogP contribution is -2.28. The van der Waals surface area contributed by atoms with Gasteiger partial charge in [-0.2, -0.15) is 9.64 Å². The zero-order valence-electron chi connectivity index (χ0n) is 8.44. The number of anilines is 2. The molecule has 0 aromatic carbocycles. The first-order valence-electron chi connectivity index (χ1n) is 4.15. The van der Waals surface area contributed by atoms with E-state index >= 15 is 0 Å². The maximum absolute atomic E-state index is 11.3. The highest BCUT2D eigenvalue weighted by atomic mass is 32.1. The quantitative estimate of drug-likeness (QED) is 0.760. The molecule has 0 fully saturated rings. The highest BCUT2D eigenvalue weighted by molar-refractivity contribution is 7.10. The van der Waals surface area contributed by atoms with E-state index in [4.69, 9.17) is 11.0 Å². The van der Waals surface area contributed by atoms with E-state index < -0.39 is 0 Å². The molecule has 1 rings (SSSR count). The number of nitrogens with one attached hydrogen (secondary N) is 1. The van der Waals surface area contributed by atoms with Crippen LogP contribution in [0.2, 0.25) is 0 Å². The lowest BCUT2D eigenvalue weighted by Gasteiger charge is -2.10. The number of hydrogen-bond donors (Lipinski definition) is 2. The molecule has 1 aromatic rings. The van der Waals surface area contributed by atoms with Gasteiger partial charge in [-0.1, -0.05) is 0 Å². The first-order valence-corrected chi connectivity index (χ1v) is 4.93. The molecule has 1 amide bonds. The average Bonchev–Trinajstić information content (AvgIpc) is 2.55. The monoisotopic (exact) mass is 225 g/mol. The fourth-order valence-electron chi connectivity index (χ4n) is 0.845. The Kier molecular flexibility index (Phi) is 3.46. The summed E-state index contributed by atoms with van der Waals surface area (Å²) in [4.78, 5) is 12.7. The van der Waals surface area contributed by atoms with Crippen molar-refractivity contribution in [3.8, 4) is 6.07 Å². The van der Waals surface area contributed by atoms with E-state index in [2.05, 4.69) is 9.69 Å². The zero-order chi connectivity index (χ0) is 11.4. The summed E-state index contributed by atoms with van der Waals surface area (Å²) in [6, 6.07) is 1.93. The van der Waals surface area contributed by atoms with Crippen LogP contribution in [0, 0.1) is 11.3 Å². The molecule has 0 aliphatic carbocycles. The Bertz CT molecular complexity index is 406. The molecule has 0 spiro atoms. The Labute approximate surface area is 91.5 Å². The number of likely N-dealkylation sites (N-methyl/N-ethyl adjacent to an activating group) is 1. The molecule has 0 radical (unpaired) electrons. The third-order valence-corrected chi connectivity index (χ3v) is 2.55. The van der Waals surface area contributed by atoms with Crippen LogP contribution in [0.3, 0.4) is 0 Å². The van der Waals surface area contributed by atoms with Gasteiger partial charge < -0.3 is 16.0 Å². The fraction of sp³-hybridized carbons (Fsp3) is 0.375. The van der Waals surface area contributed by atoms with Crippen molar-refractivity contribution in [3.63, 3.8) is 0 Å². The number of aromatic nitrogens is 1. The maximum atomic E-state index is 11.3. The average molecular weight is 225 g/mol. The second kappa shape index (κ2) is 4.61. The summed E-state index contributed by atoms with van der Waals surface area (Å²) in [5.74, 6) is 0.119. The Balaban J connectivity index is 2.67. The van der Waals surface area contributed by atoms with E-state index in [-0.39, 0.29) is 18.3 Å². The number of carbonyl (C=O) groups excluding carboxylic acids is 1. The summed E-state index contributed by atoms with van der Waals surface area (Å²) in [5, 5.41) is 12.1. The molecule has 0 aliphatic heterocycles. The van der Waals surface area contributed by atoms with Crippen LogP contribution >= 0.6 is 11.5 Å². The lowest BCUT2D eigenvalue weighted by atomic mass is 10.3. The third-order valence-electron chi connectivity index (χ3n) is 1.73. The van der Waals surface area contributed by atoms with Crippen LogP contribution in [0.25, 0.3) is 0 Å². The highest BCUT2D eigenvalue weighted by Gasteiger charge is 2.12. The summed E-state index contributed by atoms with van der Waals surface area (Å²) < 4.78 is 3.82. The molecule has 1 heterocycles. The van der Waals surface area contributed by atoms with Gasteiger partial charge in [-0.3, -0.25) is 4.79 Å². The smallest absolute Gasteiger partial charge is 0.241 e. The summed E-state index contributed by atoms with van der Waals surface area (Å²) in [7, 11) is 3.33. The van der Waals surface area contributed by atoms with Crippen molar-refractivity contribution in [2.45, 2.75) is 0 Å². The predicted molar refractivity (Wildman–Crippen MR) is 58.4 cm³/mol. The van der Waals surface area contributed by atoms with Crippen LogP contribution in [-0.4, -0.2) is 35.8 Å². The van der Waals surface area contributed by atoms with Crippen molar-refractivity contribution in [1.29, 1.82) is 5.26 Å². The molecule has 15 heavy (non-hydrogen) atoms. The zero-order valence-corrected chi connectivity index (χ0v) is 9.26. The fourth-order valence-corrected chi connectivity index (χ4v) is 1.50. The molecule has 0 bridgehead atoms. The van der Waals surface area contributed by atoms with E-state index in [0.29, 0.717) is 10.6 Å². The van der Waals surface area contributed by atoms with E-state index in [1.807, 2.05) is 6.07 Å². The van der Waals surface area contributed by atoms with Crippen LogP contribution in [0.5, 0.6) is 0 Å². The number of rotatable bonds is 3. The van der Waals surface area contributed by atoms with Gasteiger partial charge in [-0.05, 0) is 11.5 Å². The SMILES string of the molecule is CN(C)C(=O)CNc1snc(N)c1C#N. The van der Waals surface area contributed by atoms with Crippen LogP contribution in [0.15, 0.2) is 0 Å². The van der Waals surface area contributed by atoms with Crippen molar-refractivity contribution < 1.29 is 4.79 Å². The van der Waals surface area contributed by atoms with Gasteiger partial charge in [0.05, 0.1) is 6.54 Å². The summed E-state index contributed by atoms with van der Waals surface area (Å²) in [6.07, 6.45) is 0. The molecule has 0 atom stereocenters. The van der Waals surface area contributed by atoms with E-state index in [9.17, 15) is 4.79 Å². The third kappa shape index (κ3) is 2.57. The Hall–Kier alpha value is -1.81. The number of carbonyl (C=O) groups is 1. The second-order valence-electron chi connectivity index (χ2n) is 3.03. The van der Waals surface area contributed by atoms with Crippen LogP contribution < -0.4 is 11.1 Å². The van der Waals surface area contributed by atoms with Gasteiger partial charge in [0.25, 0.3) is 0 Å². The molecule has 0 unspecified atom stereocenters.